The van der Waals surface area contributed by atoms with Crippen molar-refractivity contribution < 1.29 is 14.3 Å². The molecule has 0 spiro atoms. The Morgan fingerprint density at radius 2 is 1.81 bits per heavy atom. The molecule has 1 N–H and O–H groups in total. The predicted octanol–water partition coefficient (Wildman–Crippen LogP) is 6.07. The molecule has 0 bridgehead atoms. The Bertz CT molecular complexity index is 1310. The second-order valence-corrected chi connectivity index (χ2v) is 10.5. The van der Waals surface area contributed by atoms with E-state index >= 15 is 0 Å². The lowest BCUT2D eigenvalue weighted by atomic mass is 9.86. The lowest BCUT2D eigenvalue weighted by Gasteiger charge is -2.32. The smallest absolute Gasteiger partial charge is 0.294 e. The zero-order valence-electron chi connectivity index (χ0n) is 21.1. The van der Waals surface area contributed by atoms with Crippen molar-refractivity contribution in [2.75, 3.05) is 18.0 Å². The van der Waals surface area contributed by atoms with Crippen molar-refractivity contribution in [3.05, 3.63) is 99.8 Å². The highest BCUT2D eigenvalue weighted by atomic mass is 35.5. The van der Waals surface area contributed by atoms with Crippen LogP contribution in [0.1, 0.15) is 43.0 Å². The van der Waals surface area contributed by atoms with Crippen molar-refractivity contribution in [2.24, 2.45) is 0 Å². The van der Waals surface area contributed by atoms with Crippen molar-refractivity contribution >= 4 is 35.2 Å². The van der Waals surface area contributed by atoms with E-state index in [9.17, 15) is 9.59 Å². The zero-order chi connectivity index (χ0) is 25.9. The van der Waals surface area contributed by atoms with Crippen molar-refractivity contribution in [2.45, 2.75) is 39.5 Å². The van der Waals surface area contributed by atoms with Crippen LogP contribution in [0.2, 0.25) is 5.02 Å². The summed E-state index contributed by atoms with van der Waals surface area (Å²) in [7, 11) is 0. The first-order chi connectivity index (χ1) is 17.1. The van der Waals surface area contributed by atoms with E-state index in [1.807, 2.05) is 55.5 Å². The average molecular weight is 503 g/mol. The molecule has 6 heteroatoms. The van der Waals surface area contributed by atoms with Gasteiger partial charge in [-0.2, -0.15) is 0 Å². The van der Waals surface area contributed by atoms with Gasteiger partial charge in [-0.25, -0.2) is 0 Å². The highest BCUT2D eigenvalue weighted by Gasteiger charge is 2.33. The molecule has 0 aliphatic carbocycles. The third-order valence-electron chi connectivity index (χ3n) is 6.08. The summed E-state index contributed by atoms with van der Waals surface area (Å²) in [6.07, 6.45) is 2.39. The number of amides is 2. The first-order valence-electron chi connectivity index (χ1n) is 12.0. The van der Waals surface area contributed by atoms with Crippen LogP contribution in [0.5, 0.6) is 5.75 Å². The summed E-state index contributed by atoms with van der Waals surface area (Å²) in [5.41, 5.74) is 4.64. The number of ether oxygens (including phenoxy) is 1. The van der Waals surface area contributed by atoms with Gasteiger partial charge in [-0.05, 0) is 65.8 Å². The normalized spacial score (nSPS) is 14.4. The Morgan fingerprint density at radius 3 is 2.50 bits per heavy atom. The highest BCUT2D eigenvalue weighted by Crippen LogP contribution is 2.39. The number of carbonyl (C=O) groups is 2. The number of fused-ring (bicyclic) bond motifs is 1. The summed E-state index contributed by atoms with van der Waals surface area (Å²) in [5, 5.41) is 3.57. The van der Waals surface area contributed by atoms with Gasteiger partial charge in [-0.1, -0.05) is 80.4 Å². The summed E-state index contributed by atoms with van der Waals surface area (Å²) in [6, 6.07) is 21.1. The molecule has 0 radical (unpaired) electrons. The van der Waals surface area contributed by atoms with Crippen molar-refractivity contribution in [1.82, 2.24) is 5.32 Å². The van der Waals surface area contributed by atoms with E-state index in [0.29, 0.717) is 23.0 Å². The van der Waals surface area contributed by atoms with Crippen LogP contribution in [-0.4, -0.2) is 24.9 Å². The number of aryl methyl sites for hydroxylation is 1. The number of hydrogen-bond acceptors (Lipinski definition) is 3. The topological polar surface area (TPSA) is 58.6 Å². The first kappa shape index (κ1) is 25.5. The third kappa shape index (κ3) is 6.16. The van der Waals surface area contributed by atoms with Crippen LogP contribution in [0, 0.1) is 6.92 Å². The molecule has 3 aromatic rings. The lowest BCUT2D eigenvalue weighted by molar-refractivity contribution is -0.123. The number of rotatable bonds is 6. The number of nitrogens with one attached hydrogen (secondary N) is 1. The fourth-order valence-electron chi connectivity index (χ4n) is 4.06. The van der Waals surface area contributed by atoms with Crippen molar-refractivity contribution in [3.8, 4) is 5.75 Å². The van der Waals surface area contributed by atoms with Crippen LogP contribution in [-0.2, 0) is 21.4 Å². The Balaban J connectivity index is 1.57. The zero-order valence-corrected chi connectivity index (χ0v) is 21.9. The molecule has 36 heavy (non-hydrogen) atoms. The SMILES string of the molecule is Cc1cccc(CCNC(=O)CN2C(=O)/C(=C\c3ccc(Cl)cc3)Oc3ccc(C(C)(C)C)cc32)c1. The Hall–Kier alpha value is -3.57. The molecule has 1 aliphatic heterocycles. The lowest BCUT2D eigenvalue weighted by Crippen LogP contribution is -2.44. The van der Waals surface area contributed by atoms with E-state index in [1.165, 1.54) is 10.5 Å². The van der Waals surface area contributed by atoms with Gasteiger partial charge in [0.05, 0.1) is 5.69 Å². The van der Waals surface area contributed by atoms with Gasteiger partial charge in [0, 0.05) is 11.6 Å². The van der Waals surface area contributed by atoms with E-state index < -0.39 is 0 Å². The maximum atomic E-state index is 13.5. The second-order valence-electron chi connectivity index (χ2n) is 10.1. The highest BCUT2D eigenvalue weighted by molar-refractivity contribution is 6.30. The minimum atomic E-state index is -0.364. The average Bonchev–Trinajstić information content (AvgIpc) is 2.82. The van der Waals surface area contributed by atoms with Gasteiger partial charge in [0.2, 0.25) is 5.91 Å². The van der Waals surface area contributed by atoms with E-state index in [1.54, 1.807) is 18.2 Å². The molecule has 0 unspecified atom stereocenters. The maximum Gasteiger partial charge on any atom is 0.294 e. The standard InChI is InChI=1S/C30H31ClN2O3/c1-20-6-5-7-21(16-20)14-15-32-28(34)19-33-25-18-23(30(2,3)4)10-13-26(25)36-27(29(33)35)17-22-8-11-24(31)12-9-22/h5-13,16-18H,14-15,19H2,1-4H3,(H,32,34)/b27-17+. The van der Waals surface area contributed by atoms with E-state index in [2.05, 4.69) is 32.2 Å². The maximum absolute atomic E-state index is 13.5. The van der Waals surface area contributed by atoms with E-state index in [0.717, 1.165) is 23.1 Å². The molecule has 1 aliphatic rings. The number of hydrogen-bond donors (Lipinski definition) is 1. The van der Waals surface area contributed by atoms with Gasteiger partial charge in [0.25, 0.3) is 5.91 Å². The molecule has 0 saturated heterocycles. The van der Waals surface area contributed by atoms with Crippen LogP contribution < -0.4 is 15.0 Å². The van der Waals surface area contributed by atoms with Crippen molar-refractivity contribution in [3.63, 3.8) is 0 Å². The van der Waals surface area contributed by atoms with Gasteiger partial charge in [-0.3, -0.25) is 14.5 Å². The summed E-state index contributed by atoms with van der Waals surface area (Å²) >= 11 is 6.00. The summed E-state index contributed by atoms with van der Waals surface area (Å²) in [6.45, 7) is 8.75. The van der Waals surface area contributed by atoms with Gasteiger partial charge < -0.3 is 10.1 Å². The van der Waals surface area contributed by atoms with Crippen LogP contribution in [0.4, 0.5) is 5.69 Å². The van der Waals surface area contributed by atoms with Gasteiger partial charge in [0.15, 0.2) is 11.5 Å². The summed E-state index contributed by atoms with van der Waals surface area (Å²) in [5.74, 6) is 0.101. The molecule has 5 nitrogen and oxygen atoms in total. The van der Waals surface area contributed by atoms with Crippen molar-refractivity contribution in [1.29, 1.82) is 0 Å². The second kappa shape index (κ2) is 10.6. The molecule has 0 saturated carbocycles. The van der Waals surface area contributed by atoms with Gasteiger partial charge >= 0.3 is 0 Å². The molecular formula is C30H31ClN2O3. The quantitative estimate of drug-likeness (QED) is 0.416. The number of nitrogens with zero attached hydrogens (tertiary/aromatic N) is 1. The van der Waals surface area contributed by atoms with Crippen LogP contribution in [0.25, 0.3) is 6.08 Å². The molecule has 0 aromatic heterocycles. The molecule has 1 heterocycles. The Labute approximate surface area is 217 Å². The van der Waals surface area contributed by atoms with Crippen LogP contribution >= 0.6 is 11.6 Å². The molecule has 2 amide bonds. The van der Waals surface area contributed by atoms with Gasteiger partial charge in [-0.15, -0.1) is 0 Å². The largest absolute Gasteiger partial charge is 0.449 e. The number of carbonyl (C=O) groups excluding carboxylic acids is 2. The van der Waals surface area contributed by atoms with Crippen LogP contribution in [0.15, 0.2) is 72.5 Å². The molecule has 3 aromatic carbocycles. The minimum Gasteiger partial charge on any atom is -0.449 e. The Morgan fingerprint density at radius 1 is 1.06 bits per heavy atom. The Kier molecular flexibility index (Phi) is 7.51. The van der Waals surface area contributed by atoms with Crippen LogP contribution in [0.3, 0.4) is 0 Å². The predicted molar refractivity (Wildman–Crippen MR) is 145 cm³/mol. The fraction of sp³-hybridized carbons (Fsp3) is 0.267. The van der Waals surface area contributed by atoms with Gasteiger partial charge in [0.1, 0.15) is 6.54 Å². The van der Waals surface area contributed by atoms with E-state index in [4.69, 9.17) is 16.3 Å². The fourth-order valence-corrected chi connectivity index (χ4v) is 4.18. The molecule has 186 valence electrons. The monoisotopic (exact) mass is 502 g/mol. The van der Waals surface area contributed by atoms with E-state index in [-0.39, 0.29) is 29.5 Å². The molecule has 4 rings (SSSR count). The third-order valence-corrected chi connectivity index (χ3v) is 6.33. The molecule has 0 atom stereocenters. The summed E-state index contributed by atoms with van der Waals surface area (Å²) in [4.78, 5) is 27.9. The molecular weight excluding hydrogens is 472 g/mol. The minimum absolute atomic E-state index is 0.103. The molecule has 0 fully saturated rings. The number of halogens is 1. The number of anilines is 1. The first-order valence-corrected chi connectivity index (χ1v) is 12.4. The summed E-state index contributed by atoms with van der Waals surface area (Å²) < 4.78 is 6.01. The number of benzene rings is 3.